The molecular formula is C23H27N3O5S. The van der Waals surface area contributed by atoms with Gasteiger partial charge < -0.3 is 15.0 Å². The van der Waals surface area contributed by atoms with Crippen molar-refractivity contribution in [2.45, 2.75) is 18.7 Å². The molecule has 3 rings (SSSR count). The molecule has 0 radical (unpaired) electrons. The maximum atomic E-state index is 12.9. The Morgan fingerprint density at radius 1 is 1.22 bits per heavy atom. The van der Waals surface area contributed by atoms with E-state index in [2.05, 4.69) is 11.9 Å². The van der Waals surface area contributed by atoms with Crippen LogP contribution in [0.4, 0.5) is 11.4 Å². The molecule has 9 heteroatoms. The molecular weight excluding hydrogens is 430 g/mol. The number of carbonyl (C=O) groups is 2. The summed E-state index contributed by atoms with van der Waals surface area (Å²) < 4.78 is 31.4. The Hall–Kier alpha value is -3.17. The number of nitrogens with zero attached hydrogens (tertiary/aromatic N) is 2. The van der Waals surface area contributed by atoms with Crippen LogP contribution in [0.1, 0.15) is 24.2 Å². The molecule has 1 heterocycles. The molecule has 0 saturated heterocycles. The molecule has 0 atom stereocenters. The van der Waals surface area contributed by atoms with E-state index < -0.39 is 21.3 Å². The molecule has 0 fully saturated rings. The first-order chi connectivity index (χ1) is 15.0. The van der Waals surface area contributed by atoms with E-state index in [0.717, 1.165) is 4.31 Å². The van der Waals surface area contributed by atoms with Gasteiger partial charge in [0.1, 0.15) is 12.4 Å². The number of carbonyl (C=O) groups excluding carboxylic acids is 2. The van der Waals surface area contributed by atoms with Gasteiger partial charge in [0, 0.05) is 38.0 Å². The first-order valence-electron chi connectivity index (χ1n) is 10.0. The van der Waals surface area contributed by atoms with E-state index in [4.69, 9.17) is 4.74 Å². The van der Waals surface area contributed by atoms with Crippen molar-refractivity contribution in [3.05, 3.63) is 60.7 Å². The molecule has 0 aromatic heterocycles. The van der Waals surface area contributed by atoms with Crippen molar-refractivity contribution in [1.29, 1.82) is 0 Å². The van der Waals surface area contributed by atoms with Gasteiger partial charge in [-0.15, -0.1) is 6.58 Å². The molecule has 2 aromatic rings. The van der Waals surface area contributed by atoms with Gasteiger partial charge in [0.25, 0.3) is 5.91 Å². The van der Waals surface area contributed by atoms with Crippen LogP contribution in [0.25, 0.3) is 0 Å². The van der Waals surface area contributed by atoms with E-state index in [-0.39, 0.29) is 17.4 Å². The fourth-order valence-electron chi connectivity index (χ4n) is 3.23. The third kappa shape index (κ3) is 4.53. The summed E-state index contributed by atoms with van der Waals surface area (Å²) in [5.41, 5.74) is 0.699. The van der Waals surface area contributed by atoms with Crippen molar-refractivity contribution in [1.82, 2.24) is 4.31 Å². The van der Waals surface area contributed by atoms with Gasteiger partial charge in [-0.2, -0.15) is 0 Å². The number of rotatable bonds is 6. The average Bonchev–Trinajstić information content (AvgIpc) is 2.84. The number of sulfonamides is 1. The Kier molecular flexibility index (Phi) is 6.43. The zero-order valence-corrected chi connectivity index (χ0v) is 19.4. The van der Waals surface area contributed by atoms with Gasteiger partial charge in [0.15, 0.2) is 0 Å². The third-order valence-electron chi connectivity index (χ3n) is 5.13. The fraction of sp³-hybridized carbons (Fsp3) is 0.304. The van der Waals surface area contributed by atoms with Crippen LogP contribution >= 0.6 is 0 Å². The van der Waals surface area contributed by atoms with Crippen molar-refractivity contribution in [2.24, 2.45) is 5.41 Å². The summed E-state index contributed by atoms with van der Waals surface area (Å²) in [6, 6.07) is 10.8. The predicted octanol–water partition coefficient (Wildman–Crippen LogP) is 3.13. The summed E-state index contributed by atoms with van der Waals surface area (Å²) >= 11 is 0. The first-order valence-corrected chi connectivity index (χ1v) is 11.4. The van der Waals surface area contributed by atoms with E-state index >= 15 is 0 Å². The maximum absolute atomic E-state index is 12.9. The van der Waals surface area contributed by atoms with E-state index in [9.17, 15) is 18.0 Å². The molecule has 0 spiro atoms. The fourth-order valence-corrected chi connectivity index (χ4v) is 4.13. The number of benzene rings is 2. The van der Waals surface area contributed by atoms with E-state index in [1.807, 2.05) is 13.8 Å². The van der Waals surface area contributed by atoms with Crippen molar-refractivity contribution in [3.8, 4) is 5.75 Å². The van der Waals surface area contributed by atoms with Crippen molar-refractivity contribution in [3.63, 3.8) is 0 Å². The maximum Gasteiger partial charge on any atom is 0.255 e. The molecule has 0 bridgehead atoms. The summed E-state index contributed by atoms with van der Waals surface area (Å²) in [6.07, 6.45) is 1.65. The average molecular weight is 458 g/mol. The molecule has 0 saturated carbocycles. The van der Waals surface area contributed by atoms with Crippen LogP contribution in [0.3, 0.4) is 0 Å². The highest BCUT2D eigenvalue weighted by Crippen LogP contribution is 2.38. The van der Waals surface area contributed by atoms with Crippen LogP contribution < -0.4 is 15.0 Å². The number of hydrogen-bond donors (Lipinski definition) is 1. The monoisotopic (exact) mass is 457 g/mol. The SMILES string of the molecule is C=CCN1C(=O)C(C)(C)COc2cc(NC(=O)c3ccc(S(=O)(=O)N(C)C)cc3)ccc21. The number of nitrogens with one attached hydrogen (secondary N) is 1. The second-order valence-electron chi connectivity index (χ2n) is 8.33. The van der Waals surface area contributed by atoms with Crippen LogP contribution in [0.15, 0.2) is 60.0 Å². The van der Waals surface area contributed by atoms with Crippen LogP contribution in [0, 0.1) is 5.41 Å². The normalized spacial score (nSPS) is 15.5. The molecule has 32 heavy (non-hydrogen) atoms. The number of ether oxygens (including phenoxy) is 1. The highest BCUT2D eigenvalue weighted by molar-refractivity contribution is 7.89. The summed E-state index contributed by atoms with van der Waals surface area (Å²) in [5, 5.41) is 2.79. The number of anilines is 2. The third-order valence-corrected chi connectivity index (χ3v) is 6.96. The lowest BCUT2D eigenvalue weighted by atomic mass is 9.93. The topological polar surface area (TPSA) is 96.0 Å². The minimum absolute atomic E-state index is 0.0688. The van der Waals surface area contributed by atoms with E-state index in [1.165, 1.54) is 38.4 Å². The van der Waals surface area contributed by atoms with Crippen molar-refractivity contribution in [2.75, 3.05) is 37.5 Å². The molecule has 2 aromatic carbocycles. The second kappa shape index (κ2) is 8.76. The smallest absolute Gasteiger partial charge is 0.255 e. The Balaban J connectivity index is 1.84. The Labute approximate surface area is 188 Å². The highest BCUT2D eigenvalue weighted by Gasteiger charge is 2.37. The molecule has 0 unspecified atom stereocenters. The standard InChI is InChI=1S/C23H27N3O5S/c1-6-13-26-19-12-9-17(14-20(19)31-15-23(2,3)22(26)28)24-21(27)16-7-10-18(11-8-16)32(29,30)25(4)5/h6-12,14H,1,13,15H2,2-5H3,(H,24,27). The van der Waals surface area contributed by atoms with Gasteiger partial charge in [-0.05, 0) is 50.2 Å². The number of fused-ring (bicyclic) bond motifs is 1. The van der Waals surface area contributed by atoms with Gasteiger partial charge in [-0.1, -0.05) is 6.08 Å². The van der Waals surface area contributed by atoms with E-state index in [1.54, 1.807) is 29.2 Å². The first kappa shape index (κ1) is 23.5. The summed E-state index contributed by atoms with van der Waals surface area (Å²) in [4.78, 5) is 27.3. The molecule has 1 aliphatic heterocycles. The lowest BCUT2D eigenvalue weighted by molar-refractivity contribution is -0.127. The quantitative estimate of drug-likeness (QED) is 0.673. The highest BCUT2D eigenvalue weighted by atomic mass is 32.2. The van der Waals surface area contributed by atoms with Gasteiger partial charge >= 0.3 is 0 Å². The minimum atomic E-state index is -3.57. The Morgan fingerprint density at radius 3 is 2.47 bits per heavy atom. The van der Waals surface area contributed by atoms with Crippen molar-refractivity contribution >= 4 is 33.2 Å². The number of amides is 2. The van der Waals surface area contributed by atoms with Crippen LogP contribution in [0.2, 0.25) is 0 Å². The van der Waals surface area contributed by atoms with Crippen LogP contribution in [0.5, 0.6) is 5.75 Å². The zero-order valence-electron chi connectivity index (χ0n) is 18.6. The van der Waals surface area contributed by atoms with E-state index in [0.29, 0.717) is 29.2 Å². The molecule has 2 amide bonds. The zero-order chi connectivity index (χ0) is 23.7. The van der Waals surface area contributed by atoms with Crippen LogP contribution in [-0.2, 0) is 14.8 Å². The molecule has 8 nitrogen and oxygen atoms in total. The van der Waals surface area contributed by atoms with Crippen molar-refractivity contribution < 1.29 is 22.7 Å². The molecule has 0 aliphatic carbocycles. The minimum Gasteiger partial charge on any atom is -0.490 e. The Bertz CT molecular complexity index is 1150. The van der Waals surface area contributed by atoms with Crippen LogP contribution in [-0.4, -0.2) is 51.8 Å². The lowest BCUT2D eigenvalue weighted by Crippen LogP contribution is -2.42. The largest absolute Gasteiger partial charge is 0.490 e. The van der Waals surface area contributed by atoms with Gasteiger partial charge in [-0.25, -0.2) is 12.7 Å². The van der Waals surface area contributed by atoms with Gasteiger partial charge in [0.2, 0.25) is 15.9 Å². The summed E-state index contributed by atoms with van der Waals surface area (Å²) in [5.74, 6) is 0.0171. The summed E-state index contributed by atoms with van der Waals surface area (Å²) in [7, 11) is -0.679. The molecule has 1 N–H and O–H groups in total. The van der Waals surface area contributed by atoms with Gasteiger partial charge in [-0.3, -0.25) is 9.59 Å². The van der Waals surface area contributed by atoms with Gasteiger partial charge in [0.05, 0.1) is 16.0 Å². The number of hydrogen-bond acceptors (Lipinski definition) is 5. The summed E-state index contributed by atoms with van der Waals surface area (Å²) in [6.45, 7) is 7.91. The molecule has 170 valence electrons. The predicted molar refractivity (Wildman–Crippen MR) is 124 cm³/mol. The Morgan fingerprint density at radius 2 is 1.88 bits per heavy atom. The second-order valence-corrected chi connectivity index (χ2v) is 10.5. The lowest BCUT2D eigenvalue weighted by Gasteiger charge is -2.27. The molecule has 1 aliphatic rings.